The quantitative estimate of drug-likeness (QED) is 0.299. The lowest BCUT2D eigenvalue weighted by atomic mass is 10.2. The number of nitrogens with zero attached hydrogens (tertiary/aromatic N) is 2. The summed E-state index contributed by atoms with van der Waals surface area (Å²) in [4.78, 5) is 20.5. The summed E-state index contributed by atoms with van der Waals surface area (Å²) in [6.45, 7) is 0.547. The van der Waals surface area contributed by atoms with Crippen LogP contribution >= 0.6 is 11.3 Å². The number of nitrogens with one attached hydrogen (secondary N) is 1. The molecule has 5 nitrogen and oxygen atoms in total. The Bertz CT molecular complexity index is 1170. The number of benzene rings is 2. The van der Waals surface area contributed by atoms with Gasteiger partial charge in [-0.05, 0) is 54.5 Å². The maximum atomic E-state index is 14.3. The molecule has 0 radical (unpaired) electrons. The van der Waals surface area contributed by atoms with Crippen molar-refractivity contribution >= 4 is 33.5 Å². The number of ether oxygens (including phenoxy) is 1. The van der Waals surface area contributed by atoms with Gasteiger partial charge in [0.05, 0.1) is 21.4 Å². The third-order valence-electron chi connectivity index (χ3n) is 4.45. The maximum absolute atomic E-state index is 14.3. The molecule has 0 saturated heterocycles. The number of hydrogen-bond donors (Lipinski definition) is 1. The van der Waals surface area contributed by atoms with E-state index in [1.54, 1.807) is 41.8 Å². The van der Waals surface area contributed by atoms with Gasteiger partial charge in [0, 0.05) is 25.2 Å². The normalized spacial score (nSPS) is 11.1. The minimum Gasteiger partial charge on any atom is -0.453 e. The Hall–Kier alpha value is -3.58. The average molecular weight is 434 g/mol. The highest BCUT2D eigenvalue weighted by molar-refractivity contribution is 7.18. The Morgan fingerprint density at radius 2 is 2.06 bits per heavy atom. The van der Waals surface area contributed by atoms with Gasteiger partial charge in [0.15, 0.2) is 11.6 Å². The molecule has 0 aliphatic carbocycles. The molecule has 0 fully saturated rings. The van der Waals surface area contributed by atoms with Gasteiger partial charge >= 0.3 is 0 Å². The van der Waals surface area contributed by atoms with Crippen molar-refractivity contribution in [3.63, 3.8) is 0 Å². The maximum Gasteiger partial charge on any atom is 0.243 e. The summed E-state index contributed by atoms with van der Waals surface area (Å²) in [7, 11) is 0. The van der Waals surface area contributed by atoms with E-state index in [1.165, 1.54) is 29.1 Å². The number of thiazole rings is 1. The molecule has 0 saturated carbocycles. The van der Waals surface area contributed by atoms with Crippen LogP contribution in [0.4, 0.5) is 4.39 Å². The number of carbonyl (C=O) groups is 1. The predicted molar refractivity (Wildman–Crippen MR) is 121 cm³/mol. The second kappa shape index (κ2) is 9.95. The lowest BCUT2D eigenvalue weighted by Crippen LogP contribution is -2.22. The van der Waals surface area contributed by atoms with Gasteiger partial charge in [0.25, 0.3) is 0 Å². The summed E-state index contributed by atoms with van der Waals surface area (Å²) in [6.07, 6.45) is 7.70. The van der Waals surface area contributed by atoms with Crippen molar-refractivity contribution in [3.05, 3.63) is 89.5 Å². The minimum absolute atomic E-state index is 0.101. The largest absolute Gasteiger partial charge is 0.453 e. The van der Waals surface area contributed by atoms with E-state index >= 15 is 0 Å². The van der Waals surface area contributed by atoms with Crippen molar-refractivity contribution in [2.45, 2.75) is 12.8 Å². The number of aryl methyl sites for hydroxylation is 1. The van der Waals surface area contributed by atoms with E-state index in [0.717, 1.165) is 23.4 Å². The van der Waals surface area contributed by atoms with E-state index in [0.29, 0.717) is 17.9 Å². The van der Waals surface area contributed by atoms with E-state index in [1.807, 2.05) is 18.2 Å². The smallest absolute Gasteiger partial charge is 0.243 e. The second-order valence-electron chi connectivity index (χ2n) is 6.78. The molecule has 0 atom stereocenters. The molecule has 31 heavy (non-hydrogen) atoms. The van der Waals surface area contributed by atoms with Crippen LogP contribution in [0.3, 0.4) is 0 Å². The molecule has 0 aliphatic rings. The molecular weight excluding hydrogens is 413 g/mol. The highest BCUT2D eigenvalue weighted by atomic mass is 32.1. The number of carbonyl (C=O) groups excluding carboxylic acids is 1. The number of rotatable bonds is 8. The van der Waals surface area contributed by atoms with E-state index < -0.39 is 5.82 Å². The molecule has 1 N–H and O–H groups in total. The molecule has 4 rings (SSSR count). The van der Waals surface area contributed by atoms with Crippen molar-refractivity contribution in [1.82, 2.24) is 15.3 Å². The molecule has 0 bridgehead atoms. The summed E-state index contributed by atoms with van der Waals surface area (Å²) in [5, 5.41) is 3.91. The molecular formula is C24H20FN3O2S. The standard InChI is InChI=1S/C24H20FN3O2S/c25-19-15-17(9-11-21(19)30-18-5-3-13-26-16-18)10-12-23(29)27-14-4-8-24-28-20-6-1-2-7-22(20)31-24/h1-3,5-7,9-13,15-16H,4,8,14H2,(H,27,29)/b12-10+. The summed E-state index contributed by atoms with van der Waals surface area (Å²) in [6, 6.07) is 16.0. The third-order valence-corrected chi connectivity index (χ3v) is 5.55. The second-order valence-corrected chi connectivity index (χ2v) is 7.90. The highest BCUT2D eigenvalue weighted by Gasteiger charge is 2.06. The topological polar surface area (TPSA) is 64.1 Å². The molecule has 1 amide bonds. The van der Waals surface area contributed by atoms with E-state index in [4.69, 9.17) is 4.74 Å². The van der Waals surface area contributed by atoms with Crippen molar-refractivity contribution in [1.29, 1.82) is 0 Å². The number of amides is 1. The van der Waals surface area contributed by atoms with Crippen LogP contribution < -0.4 is 10.1 Å². The zero-order chi connectivity index (χ0) is 21.5. The number of pyridine rings is 1. The molecule has 4 aromatic rings. The van der Waals surface area contributed by atoms with Crippen molar-refractivity contribution in [2.75, 3.05) is 6.54 Å². The molecule has 7 heteroatoms. The van der Waals surface area contributed by atoms with Crippen molar-refractivity contribution < 1.29 is 13.9 Å². The fourth-order valence-corrected chi connectivity index (χ4v) is 3.96. The van der Waals surface area contributed by atoms with Gasteiger partial charge in [-0.3, -0.25) is 9.78 Å². The van der Waals surface area contributed by atoms with Crippen molar-refractivity contribution in [3.8, 4) is 11.5 Å². The summed E-state index contributed by atoms with van der Waals surface area (Å²) in [5.41, 5.74) is 1.58. The third kappa shape index (κ3) is 5.73. The number of para-hydroxylation sites is 1. The van der Waals surface area contributed by atoms with Gasteiger partial charge in [-0.1, -0.05) is 18.2 Å². The van der Waals surface area contributed by atoms with Crippen LogP contribution in [0.2, 0.25) is 0 Å². The number of hydrogen-bond acceptors (Lipinski definition) is 5. The molecule has 156 valence electrons. The zero-order valence-electron chi connectivity index (χ0n) is 16.6. The fraction of sp³-hybridized carbons (Fsp3) is 0.125. The van der Waals surface area contributed by atoms with Crippen LogP contribution in [0.5, 0.6) is 11.5 Å². The fourth-order valence-electron chi connectivity index (χ4n) is 2.95. The van der Waals surface area contributed by atoms with Gasteiger partial charge < -0.3 is 10.1 Å². The van der Waals surface area contributed by atoms with E-state index in [2.05, 4.69) is 21.4 Å². The Labute approximate surface area is 183 Å². The molecule has 2 heterocycles. The monoisotopic (exact) mass is 433 g/mol. The first-order chi connectivity index (χ1) is 15.2. The molecule has 0 aliphatic heterocycles. The summed E-state index contributed by atoms with van der Waals surface area (Å²) >= 11 is 1.68. The Balaban J connectivity index is 1.24. The first kappa shape index (κ1) is 20.7. The van der Waals surface area contributed by atoms with E-state index in [-0.39, 0.29) is 11.7 Å². The van der Waals surface area contributed by atoms with Gasteiger partial charge in [0.1, 0.15) is 5.75 Å². The molecule has 2 aromatic heterocycles. The van der Waals surface area contributed by atoms with Crippen LogP contribution in [-0.2, 0) is 11.2 Å². The first-order valence-corrected chi connectivity index (χ1v) is 10.7. The van der Waals surface area contributed by atoms with Crippen molar-refractivity contribution in [2.24, 2.45) is 0 Å². The molecule has 2 aromatic carbocycles. The zero-order valence-corrected chi connectivity index (χ0v) is 17.4. The van der Waals surface area contributed by atoms with Crippen LogP contribution in [-0.4, -0.2) is 22.4 Å². The molecule has 0 unspecified atom stereocenters. The van der Waals surface area contributed by atoms with Crippen LogP contribution in [0.25, 0.3) is 16.3 Å². The number of halogens is 1. The predicted octanol–water partition coefficient (Wildman–Crippen LogP) is 5.38. The Kier molecular flexibility index (Phi) is 6.64. The van der Waals surface area contributed by atoms with Gasteiger partial charge in [0.2, 0.25) is 5.91 Å². The Morgan fingerprint density at radius 1 is 1.16 bits per heavy atom. The number of fused-ring (bicyclic) bond motifs is 1. The van der Waals surface area contributed by atoms with Gasteiger partial charge in [-0.15, -0.1) is 11.3 Å². The lowest BCUT2D eigenvalue weighted by Gasteiger charge is -2.06. The summed E-state index contributed by atoms with van der Waals surface area (Å²) < 4.78 is 20.9. The number of aromatic nitrogens is 2. The van der Waals surface area contributed by atoms with Crippen LogP contribution in [0.15, 0.2) is 73.1 Å². The first-order valence-electron chi connectivity index (χ1n) is 9.85. The highest BCUT2D eigenvalue weighted by Crippen LogP contribution is 2.25. The van der Waals surface area contributed by atoms with E-state index in [9.17, 15) is 9.18 Å². The molecule has 0 spiro atoms. The Morgan fingerprint density at radius 3 is 2.87 bits per heavy atom. The van der Waals surface area contributed by atoms with Crippen LogP contribution in [0, 0.1) is 5.82 Å². The van der Waals surface area contributed by atoms with Gasteiger partial charge in [-0.25, -0.2) is 9.37 Å². The SMILES string of the molecule is O=C(/C=C/c1ccc(Oc2cccnc2)c(F)c1)NCCCc1nc2ccccc2s1. The lowest BCUT2D eigenvalue weighted by molar-refractivity contribution is -0.116. The van der Waals surface area contributed by atoms with Crippen LogP contribution in [0.1, 0.15) is 17.0 Å². The summed E-state index contributed by atoms with van der Waals surface area (Å²) in [5.74, 6) is -0.179. The van der Waals surface area contributed by atoms with Gasteiger partial charge in [-0.2, -0.15) is 0 Å². The minimum atomic E-state index is -0.512. The average Bonchev–Trinajstić information content (AvgIpc) is 3.20.